The van der Waals surface area contributed by atoms with Crippen LogP contribution in [-0.2, 0) is 4.74 Å². The molecule has 13 heavy (non-hydrogen) atoms. The first-order valence-electron chi connectivity index (χ1n) is 4.96. The van der Waals surface area contributed by atoms with E-state index in [9.17, 15) is 4.79 Å². The van der Waals surface area contributed by atoms with Crippen molar-refractivity contribution in [3.05, 3.63) is 0 Å². The van der Waals surface area contributed by atoms with Crippen LogP contribution < -0.4 is 5.32 Å². The van der Waals surface area contributed by atoms with Gasteiger partial charge in [-0.15, -0.1) is 0 Å². The number of alkyl carbamates (subject to hydrolysis) is 1. The minimum atomic E-state index is -0.250. The monoisotopic (exact) mass is 184 g/mol. The third-order valence-electron chi connectivity index (χ3n) is 2.99. The highest BCUT2D eigenvalue weighted by atomic mass is 16.6. The van der Waals surface area contributed by atoms with E-state index < -0.39 is 0 Å². The molecule has 4 heteroatoms. The number of likely N-dealkylation sites (tertiary alicyclic amines) is 1. The molecule has 0 aromatic carbocycles. The summed E-state index contributed by atoms with van der Waals surface area (Å²) in [6.45, 7) is 6.19. The zero-order valence-electron chi connectivity index (χ0n) is 7.95. The zero-order chi connectivity index (χ0) is 9.26. The number of rotatable bonds is 2. The van der Waals surface area contributed by atoms with Crippen molar-refractivity contribution in [1.29, 1.82) is 0 Å². The van der Waals surface area contributed by atoms with Gasteiger partial charge in [0.05, 0.1) is 6.54 Å². The van der Waals surface area contributed by atoms with E-state index in [0.29, 0.717) is 12.5 Å². The van der Waals surface area contributed by atoms with E-state index in [4.69, 9.17) is 4.74 Å². The Hall–Kier alpha value is -0.770. The molecular formula is C9H16N2O2. The predicted molar refractivity (Wildman–Crippen MR) is 48.5 cm³/mol. The molecule has 0 aliphatic carbocycles. The van der Waals surface area contributed by atoms with Crippen LogP contribution in [0.15, 0.2) is 0 Å². The van der Waals surface area contributed by atoms with Crippen LogP contribution in [0.5, 0.6) is 0 Å². The largest absolute Gasteiger partial charge is 0.444 e. The van der Waals surface area contributed by atoms with Crippen LogP contribution in [-0.4, -0.2) is 43.3 Å². The molecule has 1 amide bonds. The van der Waals surface area contributed by atoms with E-state index in [2.05, 4.69) is 17.1 Å². The minimum absolute atomic E-state index is 0.115. The van der Waals surface area contributed by atoms with Gasteiger partial charge in [-0.25, -0.2) is 4.79 Å². The number of nitrogens with zero attached hydrogens (tertiary/aromatic N) is 1. The van der Waals surface area contributed by atoms with Gasteiger partial charge in [-0.05, 0) is 19.5 Å². The van der Waals surface area contributed by atoms with Crippen molar-refractivity contribution in [2.24, 2.45) is 5.92 Å². The van der Waals surface area contributed by atoms with Gasteiger partial charge in [0.15, 0.2) is 0 Å². The van der Waals surface area contributed by atoms with Crippen molar-refractivity contribution in [3.8, 4) is 0 Å². The second kappa shape index (κ2) is 3.54. The lowest BCUT2D eigenvalue weighted by Gasteiger charge is -2.16. The molecule has 0 saturated carbocycles. The molecule has 2 aliphatic rings. The normalized spacial score (nSPS) is 34.7. The number of hydrogen-bond donors (Lipinski definition) is 1. The van der Waals surface area contributed by atoms with Crippen LogP contribution in [0.1, 0.15) is 13.3 Å². The van der Waals surface area contributed by atoms with Crippen LogP contribution in [0, 0.1) is 5.92 Å². The highest BCUT2D eigenvalue weighted by molar-refractivity contribution is 5.69. The van der Waals surface area contributed by atoms with Gasteiger partial charge >= 0.3 is 6.09 Å². The summed E-state index contributed by atoms with van der Waals surface area (Å²) in [7, 11) is 0. The number of ether oxygens (including phenoxy) is 1. The molecule has 4 nitrogen and oxygen atoms in total. The predicted octanol–water partition coefficient (Wildman–Crippen LogP) is 0.437. The third-order valence-corrected chi connectivity index (χ3v) is 2.99. The maximum atomic E-state index is 10.8. The van der Waals surface area contributed by atoms with Gasteiger partial charge in [0, 0.05) is 12.5 Å². The topological polar surface area (TPSA) is 41.6 Å². The van der Waals surface area contributed by atoms with Crippen molar-refractivity contribution < 1.29 is 9.53 Å². The number of nitrogens with one attached hydrogen (secondary N) is 1. The lowest BCUT2D eigenvalue weighted by Crippen LogP contribution is -2.28. The van der Waals surface area contributed by atoms with Gasteiger partial charge in [0.2, 0.25) is 0 Å². The summed E-state index contributed by atoms with van der Waals surface area (Å²) >= 11 is 0. The Morgan fingerprint density at radius 1 is 1.69 bits per heavy atom. The maximum Gasteiger partial charge on any atom is 0.407 e. The number of carbonyl (C=O) groups excluding carboxylic acids is 1. The van der Waals surface area contributed by atoms with Crippen molar-refractivity contribution in [2.45, 2.75) is 19.4 Å². The first-order valence-corrected chi connectivity index (χ1v) is 4.96. The zero-order valence-corrected chi connectivity index (χ0v) is 7.95. The second-order valence-corrected chi connectivity index (χ2v) is 3.77. The Morgan fingerprint density at radius 3 is 3.08 bits per heavy atom. The maximum absolute atomic E-state index is 10.8. The highest BCUT2D eigenvalue weighted by Crippen LogP contribution is 2.23. The minimum Gasteiger partial charge on any atom is -0.444 e. The molecule has 2 heterocycles. The third kappa shape index (κ3) is 1.77. The van der Waals surface area contributed by atoms with Gasteiger partial charge in [-0.3, -0.25) is 0 Å². The summed E-state index contributed by atoms with van der Waals surface area (Å²) < 4.78 is 5.16. The molecular weight excluding hydrogens is 168 g/mol. The summed E-state index contributed by atoms with van der Waals surface area (Å²) in [5, 5.41) is 2.70. The number of carbonyl (C=O) groups is 1. The van der Waals surface area contributed by atoms with E-state index in [0.717, 1.165) is 26.1 Å². The van der Waals surface area contributed by atoms with Gasteiger partial charge < -0.3 is 15.0 Å². The summed E-state index contributed by atoms with van der Waals surface area (Å²) in [6, 6.07) is 0. The van der Waals surface area contributed by atoms with Gasteiger partial charge in [-0.1, -0.05) is 6.92 Å². The molecule has 1 N–H and O–H groups in total. The first kappa shape index (κ1) is 8.81. The average Bonchev–Trinajstić information content (AvgIpc) is 2.71. The molecule has 0 radical (unpaired) electrons. The fourth-order valence-corrected chi connectivity index (χ4v) is 2.12. The number of hydrogen-bond acceptors (Lipinski definition) is 3. The van der Waals surface area contributed by atoms with E-state index in [-0.39, 0.29) is 12.2 Å². The molecule has 2 fully saturated rings. The van der Waals surface area contributed by atoms with E-state index in [1.165, 1.54) is 0 Å². The Balaban J connectivity index is 1.85. The van der Waals surface area contributed by atoms with Crippen LogP contribution in [0.2, 0.25) is 0 Å². The van der Waals surface area contributed by atoms with E-state index in [1.54, 1.807) is 0 Å². The Bertz CT molecular complexity index is 208. The molecule has 0 aromatic rings. The quantitative estimate of drug-likeness (QED) is 0.677. The molecule has 0 spiro atoms. The Morgan fingerprint density at radius 2 is 2.54 bits per heavy atom. The van der Waals surface area contributed by atoms with Crippen LogP contribution in [0.3, 0.4) is 0 Å². The van der Waals surface area contributed by atoms with Crippen LogP contribution in [0.4, 0.5) is 4.79 Å². The lowest BCUT2D eigenvalue weighted by atomic mass is 10.0. The summed E-state index contributed by atoms with van der Waals surface area (Å²) in [5.41, 5.74) is 0. The Labute approximate surface area is 78.2 Å². The van der Waals surface area contributed by atoms with E-state index in [1.807, 2.05) is 0 Å². The van der Waals surface area contributed by atoms with Crippen molar-refractivity contribution in [3.63, 3.8) is 0 Å². The molecule has 2 rings (SSSR count). The summed E-state index contributed by atoms with van der Waals surface area (Å²) in [6.07, 6.45) is 1.02. The average molecular weight is 184 g/mol. The number of cyclic esters (lactones) is 1. The van der Waals surface area contributed by atoms with Gasteiger partial charge in [0.1, 0.15) is 6.10 Å². The summed E-state index contributed by atoms with van der Waals surface area (Å²) in [5.74, 6) is 0.541. The fraction of sp³-hybridized carbons (Fsp3) is 0.889. The standard InChI is InChI=1S/C9H16N2O2/c1-2-11-4-3-7(6-11)8-5-10-9(12)13-8/h7-8H,2-6H2,1H3,(H,10,12). The molecule has 2 atom stereocenters. The lowest BCUT2D eigenvalue weighted by molar-refractivity contribution is 0.106. The fourth-order valence-electron chi connectivity index (χ4n) is 2.12. The number of amides is 1. The molecule has 74 valence electrons. The van der Waals surface area contributed by atoms with Crippen LogP contribution in [0.25, 0.3) is 0 Å². The molecule has 0 bridgehead atoms. The van der Waals surface area contributed by atoms with Crippen molar-refractivity contribution >= 4 is 6.09 Å². The van der Waals surface area contributed by atoms with Crippen molar-refractivity contribution in [1.82, 2.24) is 10.2 Å². The summed E-state index contributed by atoms with van der Waals surface area (Å²) in [4.78, 5) is 13.2. The SMILES string of the molecule is CCN1CCC(C2CNC(=O)O2)C1. The van der Waals surface area contributed by atoms with E-state index >= 15 is 0 Å². The van der Waals surface area contributed by atoms with Gasteiger partial charge in [-0.2, -0.15) is 0 Å². The van der Waals surface area contributed by atoms with Gasteiger partial charge in [0.25, 0.3) is 0 Å². The smallest absolute Gasteiger partial charge is 0.407 e. The molecule has 2 saturated heterocycles. The van der Waals surface area contributed by atoms with Crippen LogP contribution >= 0.6 is 0 Å². The molecule has 0 aromatic heterocycles. The first-order chi connectivity index (χ1) is 6.29. The highest BCUT2D eigenvalue weighted by Gasteiger charge is 2.34. The molecule has 2 unspecified atom stereocenters. The molecule has 2 aliphatic heterocycles. The van der Waals surface area contributed by atoms with Crippen molar-refractivity contribution in [2.75, 3.05) is 26.2 Å². The second-order valence-electron chi connectivity index (χ2n) is 3.77. The Kier molecular flexibility index (Phi) is 2.40.